The monoisotopic (exact) mass is 449 g/mol. The number of aromatic nitrogens is 3. The van der Waals surface area contributed by atoms with E-state index in [1.807, 2.05) is 6.92 Å². The number of hydrogen-bond acceptors (Lipinski definition) is 4. The van der Waals surface area contributed by atoms with Crippen molar-refractivity contribution in [2.45, 2.75) is 38.9 Å². The summed E-state index contributed by atoms with van der Waals surface area (Å²) in [7, 11) is 0. The Morgan fingerprint density at radius 3 is 2.28 bits per heavy atom. The normalized spacial score (nSPS) is 11.5. The summed E-state index contributed by atoms with van der Waals surface area (Å²) in [6.45, 7) is 1.93. The van der Waals surface area contributed by atoms with Crippen LogP contribution in [-0.4, -0.2) is 32.0 Å². The number of ether oxygens (including phenoxy) is 1. The van der Waals surface area contributed by atoms with Gasteiger partial charge in [-0.2, -0.15) is 17.9 Å². The summed E-state index contributed by atoms with van der Waals surface area (Å²) >= 11 is 0. The SMILES string of the molecule is CCCn1c(CCc2ccc(OCC(=O)O)cc2)nn(-c2ccc(C(F)(F)F)cc2)c1=O. The number of nitrogens with zero attached hydrogens (tertiary/aromatic N) is 3. The number of rotatable bonds is 9. The van der Waals surface area contributed by atoms with E-state index in [1.165, 1.54) is 16.7 Å². The predicted molar refractivity (Wildman–Crippen MR) is 110 cm³/mol. The van der Waals surface area contributed by atoms with E-state index >= 15 is 0 Å². The molecular weight excluding hydrogens is 427 g/mol. The van der Waals surface area contributed by atoms with E-state index in [9.17, 15) is 22.8 Å². The lowest BCUT2D eigenvalue weighted by Gasteiger charge is -2.07. The van der Waals surface area contributed by atoms with Crippen LogP contribution in [-0.2, 0) is 30.4 Å². The first kappa shape index (κ1) is 23.1. The van der Waals surface area contributed by atoms with Crippen molar-refractivity contribution in [3.63, 3.8) is 0 Å². The Kier molecular flexibility index (Phi) is 7.01. The van der Waals surface area contributed by atoms with Crippen molar-refractivity contribution in [3.8, 4) is 11.4 Å². The summed E-state index contributed by atoms with van der Waals surface area (Å²) in [6, 6.07) is 11.2. The molecule has 2 aromatic carbocycles. The molecule has 7 nitrogen and oxygen atoms in total. The Balaban J connectivity index is 1.78. The first-order valence-corrected chi connectivity index (χ1v) is 9.99. The highest BCUT2D eigenvalue weighted by Gasteiger charge is 2.30. The van der Waals surface area contributed by atoms with Crippen LogP contribution < -0.4 is 10.4 Å². The lowest BCUT2D eigenvalue weighted by molar-refractivity contribution is -0.139. The molecule has 0 saturated carbocycles. The highest BCUT2D eigenvalue weighted by Crippen LogP contribution is 2.29. The van der Waals surface area contributed by atoms with Gasteiger partial charge in [0.05, 0.1) is 11.3 Å². The first-order valence-electron chi connectivity index (χ1n) is 9.99. The fourth-order valence-electron chi connectivity index (χ4n) is 3.18. The Morgan fingerprint density at radius 1 is 1.06 bits per heavy atom. The van der Waals surface area contributed by atoms with Crippen molar-refractivity contribution in [2.24, 2.45) is 0 Å². The molecule has 0 fully saturated rings. The number of alkyl halides is 3. The van der Waals surface area contributed by atoms with Gasteiger partial charge in [0, 0.05) is 13.0 Å². The molecule has 0 aliphatic heterocycles. The maximum atomic E-state index is 12.8. The molecule has 1 heterocycles. The van der Waals surface area contributed by atoms with Gasteiger partial charge >= 0.3 is 17.8 Å². The fourth-order valence-corrected chi connectivity index (χ4v) is 3.18. The van der Waals surface area contributed by atoms with Crippen molar-refractivity contribution in [1.82, 2.24) is 14.3 Å². The molecule has 0 saturated heterocycles. The third-order valence-electron chi connectivity index (χ3n) is 4.75. The molecule has 0 amide bonds. The van der Waals surface area contributed by atoms with E-state index in [1.54, 1.807) is 24.3 Å². The third-order valence-corrected chi connectivity index (χ3v) is 4.75. The van der Waals surface area contributed by atoms with E-state index in [-0.39, 0.29) is 5.69 Å². The lowest BCUT2D eigenvalue weighted by Crippen LogP contribution is -2.24. The standard InChI is InChI=1S/C22H22F3N3O4/c1-2-13-27-19(12-5-15-3-10-18(11-4-15)32-14-20(29)30)26-28(21(27)31)17-8-6-16(7-9-17)22(23,24)25/h3-4,6-11H,2,5,12-14H2,1H3,(H,29,30). The number of carboxylic acid groups (broad SMARTS) is 1. The minimum absolute atomic E-state index is 0.263. The highest BCUT2D eigenvalue weighted by atomic mass is 19.4. The average molecular weight is 449 g/mol. The first-order chi connectivity index (χ1) is 15.2. The van der Waals surface area contributed by atoms with Crippen LogP contribution in [0.5, 0.6) is 5.75 Å². The van der Waals surface area contributed by atoms with Crippen molar-refractivity contribution in [2.75, 3.05) is 6.61 Å². The number of hydrogen-bond donors (Lipinski definition) is 1. The molecule has 0 aliphatic carbocycles. The summed E-state index contributed by atoms with van der Waals surface area (Å²) < 4.78 is 46.2. The maximum Gasteiger partial charge on any atom is 0.416 e. The number of carboxylic acids is 1. The molecule has 0 spiro atoms. The number of benzene rings is 2. The maximum absolute atomic E-state index is 12.8. The molecule has 170 valence electrons. The van der Waals surface area contributed by atoms with Gasteiger partial charge < -0.3 is 9.84 Å². The van der Waals surface area contributed by atoms with Crippen molar-refractivity contribution in [3.05, 3.63) is 76.0 Å². The zero-order valence-corrected chi connectivity index (χ0v) is 17.3. The lowest BCUT2D eigenvalue weighted by atomic mass is 10.1. The topological polar surface area (TPSA) is 86.3 Å². The molecule has 0 bridgehead atoms. The second-order valence-electron chi connectivity index (χ2n) is 7.13. The molecule has 10 heteroatoms. The Morgan fingerprint density at radius 2 is 1.72 bits per heavy atom. The van der Waals surface area contributed by atoms with E-state index in [4.69, 9.17) is 9.84 Å². The zero-order valence-electron chi connectivity index (χ0n) is 17.3. The summed E-state index contributed by atoms with van der Waals surface area (Å²) in [5, 5.41) is 13.0. The molecular formula is C22H22F3N3O4. The molecule has 0 atom stereocenters. The van der Waals surface area contributed by atoms with Gasteiger partial charge in [-0.1, -0.05) is 19.1 Å². The van der Waals surface area contributed by atoms with Gasteiger partial charge in [0.15, 0.2) is 6.61 Å². The minimum Gasteiger partial charge on any atom is -0.482 e. The summed E-state index contributed by atoms with van der Waals surface area (Å²) in [6.07, 6.45) is -2.75. The van der Waals surface area contributed by atoms with Crippen molar-refractivity contribution in [1.29, 1.82) is 0 Å². The molecule has 1 aromatic heterocycles. The number of aryl methyl sites for hydroxylation is 2. The van der Waals surface area contributed by atoms with Gasteiger partial charge in [-0.3, -0.25) is 4.57 Å². The van der Waals surface area contributed by atoms with Crippen LogP contribution in [0, 0.1) is 0 Å². The number of aliphatic carboxylic acids is 1. The van der Waals surface area contributed by atoms with Crippen molar-refractivity contribution >= 4 is 5.97 Å². The summed E-state index contributed by atoms with van der Waals surface area (Å²) in [4.78, 5) is 23.4. The van der Waals surface area contributed by atoms with Gasteiger partial charge in [-0.15, -0.1) is 5.10 Å². The van der Waals surface area contributed by atoms with Crippen LogP contribution in [0.15, 0.2) is 53.3 Å². The van der Waals surface area contributed by atoms with Gasteiger partial charge in [0.25, 0.3) is 0 Å². The third kappa shape index (κ3) is 5.57. The Labute approximate surface area is 181 Å². The van der Waals surface area contributed by atoms with Crippen LogP contribution in [0.4, 0.5) is 13.2 Å². The van der Waals surface area contributed by atoms with Gasteiger partial charge in [0.1, 0.15) is 11.6 Å². The molecule has 0 radical (unpaired) electrons. The molecule has 0 aliphatic rings. The average Bonchev–Trinajstić information content (AvgIpc) is 3.07. The van der Waals surface area contributed by atoms with E-state index in [2.05, 4.69) is 5.10 Å². The van der Waals surface area contributed by atoms with Crippen LogP contribution in [0.2, 0.25) is 0 Å². The zero-order chi connectivity index (χ0) is 23.3. The van der Waals surface area contributed by atoms with E-state index in [0.717, 1.165) is 22.4 Å². The summed E-state index contributed by atoms with van der Waals surface area (Å²) in [5.41, 5.74) is 0.00334. The number of carbonyl (C=O) groups is 1. The van der Waals surface area contributed by atoms with Gasteiger partial charge in [0.2, 0.25) is 0 Å². The Hall–Kier alpha value is -3.56. The molecule has 32 heavy (non-hydrogen) atoms. The Bertz CT molecular complexity index is 1120. The smallest absolute Gasteiger partial charge is 0.416 e. The van der Waals surface area contributed by atoms with Crippen LogP contribution in [0.25, 0.3) is 5.69 Å². The summed E-state index contributed by atoms with van der Waals surface area (Å²) in [5.74, 6) is -0.0971. The van der Waals surface area contributed by atoms with Crippen molar-refractivity contribution < 1.29 is 27.8 Å². The van der Waals surface area contributed by atoms with Crippen LogP contribution in [0.3, 0.4) is 0 Å². The largest absolute Gasteiger partial charge is 0.482 e. The number of halogens is 3. The van der Waals surface area contributed by atoms with Gasteiger partial charge in [-0.25, -0.2) is 9.59 Å². The predicted octanol–water partition coefficient (Wildman–Crippen LogP) is 3.71. The highest BCUT2D eigenvalue weighted by molar-refractivity contribution is 5.68. The minimum atomic E-state index is -4.45. The van der Waals surface area contributed by atoms with Crippen LogP contribution in [0.1, 0.15) is 30.3 Å². The second kappa shape index (κ2) is 9.71. The molecule has 3 aromatic rings. The van der Waals surface area contributed by atoms with Gasteiger partial charge in [-0.05, 0) is 54.8 Å². The molecule has 0 unspecified atom stereocenters. The fraction of sp³-hybridized carbons (Fsp3) is 0.318. The van der Waals surface area contributed by atoms with E-state index < -0.39 is 30.0 Å². The molecule has 1 N–H and O–H groups in total. The van der Waals surface area contributed by atoms with E-state index in [0.29, 0.717) is 37.4 Å². The molecule has 3 rings (SSSR count). The van der Waals surface area contributed by atoms with Crippen LogP contribution >= 0.6 is 0 Å². The second-order valence-corrected chi connectivity index (χ2v) is 7.13. The quantitative estimate of drug-likeness (QED) is 0.538.